The average molecular weight is 322 g/mol. The third-order valence-corrected chi connectivity index (χ3v) is 4.16. The summed E-state index contributed by atoms with van der Waals surface area (Å²) in [5.41, 5.74) is 0.744. The molecule has 2 aromatic rings. The fourth-order valence-electron chi connectivity index (χ4n) is 2.18. The van der Waals surface area contributed by atoms with Crippen molar-refractivity contribution >= 4 is 32.5 Å². The van der Waals surface area contributed by atoms with Crippen LogP contribution in [0.5, 0.6) is 0 Å². The third kappa shape index (κ3) is 3.75. The standard InChI is InChI=1S/C15H18N2O4S/c1-2-15(18)17-10-9-16-13-7-3-6-12-11(13)5-4-8-14(12)22(19,20)21/h3-8,16H,2,9-10H2,1H3,(H,17,18)(H,19,20,21). The van der Waals surface area contributed by atoms with E-state index in [-0.39, 0.29) is 10.8 Å². The molecular weight excluding hydrogens is 304 g/mol. The number of amides is 1. The Balaban J connectivity index is 2.23. The van der Waals surface area contributed by atoms with Crippen LogP contribution in [-0.2, 0) is 14.9 Å². The van der Waals surface area contributed by atoms with Crippen LogP contribution in [0, 0.1) is 0 Å². The van der Waals surface area contributed by atoms with Gasteiger partial charge in [-0.25, -0.2) is 0 Å². The zero-order chi connectivity index (χ0) is 16.2. The van der Waals surface area contributed by atoms with Crippen molar-refractivity contribution in [3.8, 4) is 0 Å². The van der Waals surface area contributed by atoms with E-state index in [9.17, 15) is 17.8 Å². The first-order valence-electron chi connectivity index (χ1n) is 6.93. The molecule has 118 valence electrons. The van der Waals surface area contributed by atoms with Gasteiger partial charge >= 0.3 is 0 Å². The Bertz CT molecular complexity index is 787. The number of hydrogen-bond acceptors (Lipinski definition) is 4. The molecule has 0 spiro atoms. The molecule has 3 N–H and O–H groups in total. The zero-order valence-electron chi connectivity index (χ0n) is 12.2. The normalized spacial score (nSPS) is 11.4. The molecule has 0 bridgehead atoms. The topological polar surface area (TPSA) is 95.5 Å². The smallest absolute Gasteiger partial charge is 0.295 e. The van der Waals surface area contributed by atoms with Gasteiger partial charge < -0.3 is 10.6 Å². The van der Waals surface area contributed by atoms with Crippen molar-refractivity contribution in [2.24, 2.45) is 0 Å². The minimum absolute atomic E-state index is 0.0200. The van der Waals surface area contributed by atoms with Crippen LogP contribution in [0.4, 0.5) is 5.69 Å². The van der Waals surface area contributed by atoms with E-state index in [0.717, 1.165) is 5.69 Å². The van der Waals surface area contributed by atoms with E-state index >= 15 is 0 Å². The molecule has 0 aromatic heterocycles. The Morgan fingerprint density at radius 1 is 1.09 bits per heavy atom. The number of rotatable bonds is 6. The van der Waals surface area contributed by atoms with E-state index in [0.29, 0.717) is 30.3 Å². The summed E-state index contributed by atoms with van der Waals surface area (Å²) in [6.45, 7) is 2.77. The molecule has 0 atom stereocenters. The van der Waals surface area contributed by atoms with Crippen molar-refractivity contribution in [2.75, 3.05) is 18.4 Å². The van der Waals surface area contributed by atoms with Gasteiger partial charge in [0.2, 0.25) is 5.91 Å². The molecule has 7 heteroatoms. The number of carbonyl (C=O) groups is 1. The van der Waals surface area contributed by atoms with Crippen LogP contribution < -0.4 is 10.6 Å². The highest BCUT2D eigenvalue weighted by atomic mass is 32.2. The summed E-state index contributed by atoms with van der Waals surface area (Å²) in [5, 5.41) is 7.05. The summed E-state index contributed by atoms with van der Waals surface area (Å²) in [6.07, 6.45) is 0.436. The summed E-state index contributed by atoms with van der Waals surface area (Å²) >= 11 is 0. The second-order valence-corrected chi connectivity index (χ2v) is 6.15. The van der Waals surface area contributed by atoms with Crippen molar-refractivity contribution in [2.45, 2.75) is 18.2 Å². The van der Waals surface area contributed by atoms with E-state index < -0.39 is 10.1 Å². The first-order chi connectivity index (χ1) is 10.4. The maximum Gasteiger partial charge on any atom is 0.295 e. The summed E-state index contributed by atoms with van der Waals surface area (Å²) in [4.78, 5) is 11.0. The lowest BCUT2D eigenvalue weighted by Crippen LogP contribution is -2.27. The maximum absolute atomic E-state index is 11.4. The van der Waals surface area contributed by atoms with Crippen LogP contribution in [0.2, 0.25) is 0 Å². The fourth-order valence-corrected chi connectivity index (χ4v) is 2.89. The van der Waals surface area contributed by atoms with Crippen LogP contribution in [-0.4, -0.2) is 32.0 Å². The summed E-state index contributed by atoms with van der Waals surface area (Å²) in [5.74, 6) is -0.0200. The SMILES string of the molecule is CCC(=O)NCCNc1cccc2c(S(=O)(=O)O)cccc12. The van der Waals surface area contributed by atoms with Gasteiger partial charge in [-0.3, -0.25) is 9.35 Å². The van der Waals surface area contributed by atoms with Gasteiger partial charge in [0.25, 0.3) is 10.1 Å². The van der Waals surface area contributed by atoms with Gasteiger partial charge in [0.05, 0.1) is 0 Å². The second kappa shape index (κ2) is 6.76. The molecule has 0 aliphatic carbocycles. The minimum Gasteiger partial charge on any atom is -0.383 e. The number of nitrogens with one attached hydrogen (secondary N) is 2. The van der Waals surface area contributed by atoms with Crippen LogP contribution in [0.3, 0.4) is 0 Å². The molecule has 0 heterocycles. The highest BCUT2D eigenvalue weighted by molar-refractivity contribution is 7.86. The average Bonchev–Trinajstić information content (AvgIpc) is 2.49. The van der Waals surface area contributed by atoms with Crippen molar-refractivity contribution in [3.05, 3.63) is 36.4 Å². The predicted octanol–water partition coefficient (Wildman–Crippen LogP) is 2.02. The second-order valence-electron chi connectivity index (χ2n) is 4.76. The summed E-state index contributed by atoms with van der Waals surface area (Å²) < 4.78 is 32.1. The molecule has 2 aromatic carbocycles. The van der Waals surface area contributed by atoms with Crippen LogP contribution in [0.25, 0.3) is 10.8 Å². The van der Waals surface area contributed by atoms with Crippen LogP contribution >= 0.6 is 0 Å². The van der Waals surface area contributed by atoms with Gasteiger partial charge in [-0.15, -0.1) is 0 Å². The molecule has 0 saturated heterocycles. The van der Waals surface area contributed by atoms with Crippen molar-refractivity contribution in [1.29, 1.82) is 0 Å². The Labute approximate surface area is 129 Å². The minimum atomic E-state index is -4.27. The predicted molar refractivity (Wildman–Crippen MR) is 85.6 cm³/mol. The van der Waals surface area contributed by atoms with Crippen LogP contribution in [0.1, 0.15) is 13.3 Å². The molecule has 0 radical (unpaired) electrons. The Hall–Kier alpha value is -2.12. The van der Waals surface area contributed by atoms with Crippen LogP contribution in [0.15, 0.2) is 41.3 Å². The van der Waals surface area contributed by atoms with Crippen molar-refractivity contribution < 1.29 is 17.8 Å². The van der Waals surface area contributed by atoms with Gasteiger partial charge in [0.15, 0.2) is 0 Å². The van der Waals surface area contributed by atoms with E-state index in [4.69, 9.17) is 0 Å². The summed E-state index contributed by atoms with van der Waals surface area (Å²) in [6, 6.07) is 9.89. The van der Waals surface area contributed by atoms with E-state index in [1.807, 2.05) is 6.07 Å². The molecular formula is C15H18N2O4S. The number of anilines is 1. The number of fused-ring (bicyclic) bond motifs is 1. The van der Waals surface area contributed by atoms with Gasteiger partial charge in [0.1, 0.15) is 4.90 Å². The van der Waals surface area contributed by atoms with E-state index in [2.05, 4.69) is 10.6 Å². The van der Waals surface area contributed by atoms with Gasteiger partial charge in [-0.05, 0) is 12.1 Å². The maximum atomic E-state index is 11.4. The molecule has 1 amide bonds. The van der Waals surface area contributed by atoms with Crippen molar-refractivity contribution in [1.82, 2.24) is 5.32 Å². The summed E-state index contributed by atoms with van der Waals surface area (Å²) in [7, 11) is -4.27. The largest absolute Gasteiger partial charge is 0.383 e. The third-order valence-electron chi connectivity index (χ3n) is 3.24. The molecule has 0 unspecified atom stereocenters. The Morgan fingerprint density at radius 3 is 2.45 bits per heavy atom. The van der Waals surface area contributed by atoms with Crippen molar-refractivity contribution in [3.63, 3.8) is 0 Å². The van der Waals surface area contributed by atoms with Gasteiger partial charge in [0, 0.05) is 36.0 Å². The molecule has 0 saturated carbocycles. The first-order valence-corrected chi connectivity index (χ1v) is 8.37. The number of carbonyl (C=O) groups excluding carboxylic acids is 1. The molecule has 0 fully saturated rings. The fraction of sp³-hybridized carbons (Fsp3) is 0.267. The molecule has 2 rings (SSSR count). The molecule has 0 aliphatic heterocycles. The molecule has 6 nitrogen and oxygen atoms in total. The lowest BCUT2D eigenvalue weighted by molar-refractivity contribution is -0.120. The molecule has 22 heavy (non-hydrogen) atoms. The molecule has 0 aliphatic rings. The monoisotopic (exact) mass is 322 g/mol. The number of hydrogen-bond donors (Lipinski definition) is 3. The zero-order valence-corrected chi connectivity index (χ0v) is 13.0. The lowest BCUT2D eigenvalue weighted by Gasteiger charge is -2.11. The van der Waals surface area contributed by atoms with E-state index in [1.54, 1.807) is 31.2 Å². The highest BCUT2D eigenvalue weighted by Crippen LogP contribution is 2.28. The Kier molecular flexibility index (Phi) is 4.99. The lowest BCUT2D eigenvalue weighted by atomic mass is 10.1. The van der Waals surface area contributed by atoms with Gasteiger partial charge in [-0.2, -0.15) is 8.42 Å². The highest BCUT2D eigenvalue weighted by Gasteiger charge is 2.14. The van der Waals surface area contributed by atoms with Gasteiger partial charge in [-0.1, -0.05) is 31.2 Å². The quantitative estimate of drug-likeness (QED) is 0.558. The van der Waals surface area contributed by atoms with E-state index in [1.165, 1.54) is 6.07 Å². The number of benzene rings is 2. The first kappa shape index (κ1) is 16.3. The Morgan fingerprint density at radius 2 is 1.77 bits per heavy atom.